The zero-order chi connectivity index (χ0) is 42.2. The van der Waals surface area contributed by atoms with Gasteiger partial charge in [0.05, 0.1) is 35.1 Å². The Bertz CT molecular complexity index is 2640. The number of piperidine rings is 1. The highest BCUT2D eigenvalue weighted by Crippen LogP contribution is 2.38. The van der Waals surface area contributed by atoms with Crippen LogP contribution in [0.5, 0.6) is 5.88 Å². The van der Waals surface area contributed by atoms with E-state index in [-0.39, 0.29) is 30.0 Å². The number of carbonyl (C=O) groups excluding carboxylic acids is 4. The lowest BCUT2D eigenvalue weighted by Crippen LogP contribution is -2.55. The number of imidazole rings is 1. The summed E-state index contributed by atoms with van der Waals surface area (Å²) in [6.07, 6.45) is 5.57. The maximum Gasteiger partial charge on any atom is 0.258 e. The fraction of sp³-hybridized carbons (Fsp3) is 0.457. The van der Waals surface area contributed by atoms with Crippen LogP contribution in [0.4, 0.5) is 17.3 Å². The highest BCUT2D eigenvalue weighted by molar-refractivity contribution is 6.06. The molecule has 11 rings (SSSR count). The number of pyridine rings is 1. The van der Waals surface area contributed by atoms with Gasteiger partial charge in [-0.2, -0.15) is 5.10 Å². The number of imide groups is 1. The van der Waals surface area contributed by atoms with E-state index < -0.39 is 6.04 Å². The van der Waals surface area contributed by atoms with Gasteiger partial charge in [0.15, 0.2) is 0 Å². The van der Waals surface area contributed by atoms with Crippen LogP contribution in [0, 0.1) is 24.7 Å². The molecule has 1 unspecified atom stereocenters. The standard InChI is InChI=1S/C46H51N11O5/c1-27-15-31-18-38(48-27)36-20-47-52(2)45(36)62-26-29-4-3-28(16-29)24-57-40-19-34(6-8-37(40)49-46(57)51-42(31)59)54-13-11-53(12-14-54)21-30-22-55(23-30)33-5-7-35-32(17-33)25-56(44(35)61)39-9-10-41(58)50-43(39)60/h5-8,15,17-20,28-30,39H,3-4,9-14,16,21-26H2,1-2H3,(H,49,51,59)(H,50,58,60)/t28-,29+,39?/m1/s1. The summed E-state index contributed by atoms with van der Waals surface area (Å²) < 4.78 is 10.4. The predicted molar refractivity (Wildman–Crippen MR) is 232 cm³/mol. The van der Waals surface area contributed by atoms with Crippen molar-refractivity contribution in [2.75, 3.05) is 67.5 Å². The number of aromatic nitrogens is 5. The van der Waals surface area contributed by atoms with E-state index in [1.165, 1.54) is 5.69 Å². The van der Waals surface area contributed by atoms with Gasteiger partial charge in [-0.05, 0) is 98.5 Å². The first-order valence-corrected chi connectivity index (χ1v) is 22.1. The van der Waals surface area contributed by atoms with E-state index in [4.69, 9.17) is 14.7 Å². The van der Waals surface area contributed by atoms with Gasteiger partial charge < -0.3 is 24.0 Å². The number of hydrogen-bond donors (Lipinski definition) is 2. The SMILES string of the molecule is Cc1cc2cc(n1)-c1cnn(C)c1OC[C@H]1CC[C@H](C1)Cn1c(nc3ccc(N4CCN(CC5CN(c6ccc7c(c6)CN(C6CCC(=O)NC6=O)C7=O)C5)CC4)cc31)NC2=O. The van der Waals surface area contributed by atoms with Crippen molar-refractivity contribution in [2.24, 2.45) is 24.8 Å². The van der Waals surface area contributed by atoms with Crippen molar-refractivity contribution in [3.63, 3.8) is 0 Å². The Kier molecular flexibility index (Phi) is 9.50. The molecule has 3 saturated heterocycles. The maximum atomic E-state index is 14.0. The average Bonchev–Trinajstić information content (AvgIpc) is 4.02. The molecule has 4 bridgehead atoms. The topological polar surface area (TPSA) is 163 Å². The minimum absolute atomic E-state index is 0.138. The number of amides is 4. The number of rotatable bonds is 5. The number of fused-ring (bicyclic) bond motifs is 10. The van der Waals surface area contributed by atoms with Gasteiger partial charge in [0, 0.05) is 106 Å². The van der Waals surface area contributed by atoms with Crippen LogP contribution in [-0.4, -0.2) is 116 Å². The molecule has 0 radical (unpaired) electrons. The van der Waals surface area contributed by atoms with E-state index in [1.807, 2.05) is 32.2 Å². The number of anilines is 3. The Labute approximate surface area is 359 Å². The molecule has 6 aliphatic rings. The zero-order valence-corrected chi connectivity index (χ0v) is 35.2. The van der Waals surface area contributed by atoms with Crippen molar-refractivity contribution in [2.45, 2.75) is 58.2 Å². The normalized spacial score (nSPS) is 23.3. The molecule has 5 aliphatic heterocycles. The summed E-state index contributed by atoms with van der Waals surface area (Å²) in [5, 5.41) is 10.0. The van der Waals surface area contributed by atoms with Gasteiger partial charge in [-0.1, -0.05) is 0 Å². The number of nitrogens with zero attached hydrogens (tertiary/aromatic N) is 9. The summed E-state index contributed by atoms with van der Waals surface area (Å²) in [6.45, 7) is 10.4. The van der Waals surface area contributed by atoms with Gasteiger partial charge in [-0.25, -0.2) is 9.67 Å². The van der Waals surface area contributed by atoms with Crippen LogP contribution in [0.3, 0.4) is 0 Å². The van der Waals surface area contributed by atoms with E-state index in [0.29, 0.717) is 66.0 Å². The van der Waals surface area contributed by atoms with Crippen molar-refractivity contribution in [3.8, 4) is 17.1 Å². The molecule has 1 aliphatic carbocycles. The second-order valence-electron chi connectivity index (χ2n) is 18.2. The first-order chi connectivity index (χ1) is 30.1. The van der Waals surface area contributed by atoms with Crippen LogP contribution in [0.2, 0.25) is 0 Å². The number of hydrogen-bond acceptors (Lipinski definition) is 11. The minimum Gasteiger partial charge on any atom is -0.477 e. The Morgan fingerprint density at radius 2 is 1.63 bits per heavy atom. The number of piperazine rings is 1. The number of nitrogens with one attached hydrogen (secondary N) is 2. The second kappa shape index (κ2) is 15.3. The molecule has 4 amide bonds. The monoisotopic (exact) mass is 837 g/mol. The molecule has 5 aromatic rings. The molecule has 0 spiro atoms. The second-order valence-corrected chi connectivity index (χ2v) is 18.2. The third kappa shape index (κ3) is 7.03. The van der Waals surface area contributed by atoms with Crippen LogP contribution in [0.25, 0.3) is 22.3 Å². The molecule has 2 aromatic carbocycles. The van der Waals surface area contributed by atoms with Crippen LogP contribution < -0.4 is 25.2 Å². The number of benzene rings is 2. The lowest BCUT2D eigenvalue weighted by molar-refractivity contribution is -0.136. The largest absolute Gasteiger partial charge is 0.477 e. The van der Waals surface area contributed by atoms with E-state index in [0.717, 1.165) is 105 Å². The van der Waals surface area contributed by atoms with Crippen molar-refractivity contribution < 1.29 is 23.9 Å². The number of aryl methyl sites for hydroxylation is 2. The molecule has 8 heterocycles. The van der Waals surface area contributed by atoms with E-state index >= 15 is 0 Å². The molecule has 16 heteroatoms. The Morgan fingerprint density at radius 3 is 2.47 bits per heavy atom. The highest BCUT2D eigenvalue weighted by atomic mass is 16.5. The molecule has 1 saturated carbocycles. The quantitative estimate of drug-likeness (QED) is 0.244. The first kappa shape index (κ1) is 38.6. The summed E-state index contributed by atoms with van der Waals surface area (Å²) in [6, 6.07) is 15.5. The van der Waals surface area contributed by atoms with Crippen LogP contribution >= 0.6 is 0 Å². The molecule has 3 aromatic heterocycles. The maximum absolute atomic E-state index is 14.0. The molecule has 16 nitrogen and oxygen atoms in total. The van der Waals surface area contributed by atoms with Gasteiger partial charge in [0.1, 0.15) is 6.04 Å². The van der Waals surface area contributed by atoms with Crippen molar-refractivity contribution in [1.29, 1.82) is 0 Å². The van der Waals surface area contributed by atoms with Crippen molar-refractivity contribution in [1.82, 2.24) is 39.4 Å². The fourth-order valence-electron chi connectivity index (χ4n) is 10.6. The van der Waals surface area contributed by atoms with Gasteiger partial charge in [0.2, 0.25) is 23.6 Å². The molecule has 62 heavy (non-hydrogen) atoms. The third-order valence-electron chi connectivity index (χ3n) is 14.0. The first-order valence-electron chi connectivity index (χ1n) is 22.1. The Morgan fingerprint density at radius 1 is 0.823 bits per heavy atom. The highest BCUT2D eigenvalue weighted by Gasteiger charge is 2.40. The summed E-state index contributed by atoms with van der Waals surface area (Å²) in [5.74, 6) is 1.61. The fourth-order valence-corrected chi connectivity index (χ4v) is 10.6. The molecule has 2 N–H and O–H groups in total. The Balaban J connectivity index is 0.746. The molecule has 320 valence electrons. The Hall–Kier alpha value is -6.29. The van der Waals surface area contributed by atoms with Crippen LogP contribution in [-0.2, 0) is 29.7 Å². The van der Waals surface area contributed by atoms with Crippen molar-refractivity contribution >= 4 is 52.0 Å². The van der Waals surface area contributed by atoms with Gasteiger partial charge in [-0.15, -0.1) is 0 Å². The van der Waals surface area contributed by atoms with E-state index in [1.54, 1.807) is 21.8 Å². The smallest absolute Gasteiger partial charge is 0.258 e. The average molecular weight is 838 g/mol. The third-order valence-corrected chi connectivity index (χ3v) is 14.0. The van der Waals surface area contributed by atoms with Gasteiger partial charge >= 0.3 is 0 Å². The zero-order valence-electron chi connectivity index (χ0n) is 35.2. The molecule has 4 fully saturated rings. The minimum atomic E-state index is -0.604. The van der Waals surface area contributed by atoms with Crippen LogP contribution in [0.1, 0.15) is 64.1 Å². The number of ether oxygens (including phenoxy) is 1. The van der Waals surface area contributed by atoms with Crippen molar-refractivity contribution in [3.05, 3.63) is 77.1 Å². The summed E-state index contributed by atoms with van der Waals surface area (Å²) >= 11 is 0. The van der Waals surface area contributed by atoms with Gasteiger partial charge in [-0.3, -0.25) is 39.7 Å². The summed E-state index contributed by atoms with van der Waals surface area (Å²) in [5.41, 5.74) is 8.43. The van der Waals surface area contributed by atoms with Crippen LogP contribution in [0.15, 0.2) is 54.7 Å². The summed E-state index contributed by atoms with van der Waals surface area (Å²) in [7, 11) is 1.88. The molecular weight excluding hydrogens is 787 g/mol. The molecule has 3 atom stereocenters. The van der Waals surface area contributed by atoms with E-state index in [9.17, 15) is 19.2 Å². The summed E-state index contributed by atoms with van der Waals surface area (Å²) in [4.78, 5) is 70.1. The van der Waals surface area contributed by atoms with E-state index in [2.05, 4.69) is 59.3 Å². The molecular formula is C46H51N11O5. The predicted octanol–water partition coefficient (Wildman–Crippen LogP) is 4.22. The van der Waals surface area contributed by atoms with Gasteiger partial charge in [0.25, 0.3) is 11.8 Å². The lowest BCUT2D eigenvalue weighted by atomic mass is 9.97. The lowest BCUT2D eigenvalue weighted by Gasteiger charge is -2.45. The number of carbonyl (C=O) groups is 4.